The number of rotatable bonds is 6. The summed E-state index contributed by atoms with van der Waals surface area (Å²) in [6, 6.07) is 10.6. The van der Waals surface area contributed by atoms with E-state index in [1.807, 2.05) is 36.7 Å². The average molecular weight is 512 g/mol. The molecule has 2 atom stereocenters. The topological polar surface area (TPSA) is 109 Å². The molecule has 8 nitrogen and oxygen atoms in total. The number of alkyl halides is 3. The molecular weight excluding hydrogens is 483 g/mol. The summed E-state index contributed by atoms with van der Waals surface area (Å²) in [7, 11) is 1.90. The van der Waals surface area contributed by atoms with Gasteiger partial charge in [-0.3, -0.25) is 10.2 Å². The molecule has 3 aromatic rings. The number of piperazine rings is 1. The molecule has 0 spiro atoms. The zero-order valence-electron chi connectivity index (χ0n) is 20.6. The minimum atomic E-state index is -4.65. The molecule has 5 rings (SSSR count). The number of anilines is 1. The lowest BCUT2D eigenvalue weighted by molar-refractivity contribution is -0.141. The molecule has 194 valence electrons. The van der Waals surface area contributed by atoms with Crippen LogP contribution in [0.15, 0.2) is 42.6 Å². The molecule has 0 radical (unpaired) electrons. The van der Waals surface area contributed by atoms with Gasteiger partial charge in [-0.15, -0.1) is 5.10 Å². The van der Waals surface area contributed by atoms with Crippen LogP contribution in [0, 0.1) is 12.3 Å². The van der Waals surface area contributed by atoms with Gasteiger partial charge in [0.2, 0.25) is 0 Å². The number of nitrogens with one attached hydrogen (secondary N) is 3. The van der Waals surface area contributed by atoms with E-state index >= 15 is 0 Å². The van der Waals surface area contributed by atoms with Crippen molar-refractivity contribution in [2.75, 3.05) is 31.1 Å². The number of hydrogen-bond acceptors (Lipinski definition) is 7. The lowest BCUT2D eigenvalue weighted by atomic mass is 9.95. The largest absolute Gasteiger partial charge is 0.435 e. The molecule has 0 bridgehead atoms. The summed E-state index contributed by atoms with van der Waals surface area (Å²) < 4.78 is 40.7. The van der Waals surface area contributed by atoms with Crippen LogP contribution in [0.2, 0.25) is 0 Å². The van der Waals surface area contributed by atoms with Gasteiger partial charge in [0, 0.05) is 57.3 Å². The second-order valence-electron chi connectivity index (χ2n) is 9.56. The van der Waals surface area contributed by atoms with Gasteiger partial charge in [0.1, 0.15) is 11.3 Å². The Morgan fingerprint density at radius 2 is 1.92 bits per heavy atom. The van der Waals surface area contributed by atoms with Gasteiger partial charge >= 0.3 is 6.18 Å². The van der Waals surface area contributed by atoms with E-state index in [4.69, 9.17) is 5.41 Å². The van der Waals surface area contributed by atoms with Crippen LogP contribution in [0.3, 0.4) is 0 Å². The highest BCUT2D eigenvalue weighted by Crippen LogP contribution is 2.36. The Labute approximate surface area is 212 Å². The Bertz CT molecular complexity index is 1400. The summed E-state index contributed by atoms with van der Waals surface area (Å²) in [5, 5.41) is 21.6. The first-order chi connectivity index (χ1) is 17.6. The molecule has 2 fully saturated rings. The van der Waals surface area contributed by atoms with E-state index in [0.717, 1.165) is 66.5 Å². The summed E-state index contributed by atoms with van der Waals surface area (Å²) >= 11 is 0. The van der Waals surface area contributed by atoms with Crippen molar-refractivity contribution in [3.05, 3.63) is 70.5 Å². The molecule has 4 heterocycles. The molecule has 0 aliphatic carbocycles. The highest BCUT2D eigenvalue weighted by Gasteiger charge is 2.40. The number of hydrogen-bond donors (Lipinski definition) is 3. The first kappa shape index (κ1) is 25.1. The first-order valence-electron chi connectivity index (χ1n) is 12.1. The van der Waals surface area contributed by atoms with Crippen LogP contribution in [-0.4, -0.2) is 52.8 Å². The minimum Gasteiger partial charge on any atom is -0.355 e. The molecule has 2 aliphatic heterocycles. The molecule has 0 amide bonds. The Morgan fingerprint density at radius 3 is 2.65 bits per heavy atom. The van der Waals surface area contributed by atoms with Crippen LogP contribution in [0.25, 0.3) is 11.1 Å². The third kappa shape index (κ3) is 5.28. The lowest BCUT2D eigenvalue weighted by Crippen LogP contribution is -2.45. The third-order valence-electron chi connectivity index (χ3n) is 7.01. The molecule has 0 saturated carbocycles. The van der Waals surface area contributed by atoms with E-state index in [1.165, 1.54) is 0 Å². The summed E-state index contributed by atoms with van der Waals surface area (Å²) in [4.78, 5) is 14.9. The quantitative estimate of drug-likeness (QED) is 0.347. The normalized spacial score (nSPS) is 19.6. The minimum absolute atomic E-state index is 0.0576. The smallest absolute Gasteiger partial charge is 0.355 e. The van der Waals surface area contributed by atoms with E-state index in [-0.39, 0.29) is 24.1 Å². The van der Waals surface area contributed by atoms with Crippen molar-refractivity contribution in [3.63, 3.8) is 0 Å². The summed E-state index contributed by atoms with van der Waals surface area (Å²) in [5.41, 5.74) is 3.16. The van der Waals surface area contributed by atoms with Gasteiger partial charge in [-0.1, -0.05) is 12.1 Å². The van der Waals surface area contributed by atoms with Crippen molar-refractivity contribution in [2.24, 2.45) is 7.05 Å². The number of nitrogens with zero attached hydrogens (tertiary/aromatic N) is 4. The summed E-state index contributed by atoms with van der Waals surface area (Å²) in [5.74, 6) is 0.578. The van der Waals surface area contributed by atoms with Crippen molar-refractivity contribution >= 4 is 11.6 Å². The Hall–Kier alpha value is -3.57. The van der Waals surface area contributed by atoms with E-state index in [2.05, 4.69) is 37.9 Å². The molecule has 1 aromatic carbocycles. The van der Waals surface area contributed by atoms with Gasteiger partial charge in [-0.25, -0.2) is 0 Å². The van der Waals surface area contributed by atoms with E-state index in [0.29, 0.717) is 5.49 Å². The van der Waals surface area contributed by atoms with Crippen molar-refractivity contribution in [2.45, 2.75) is 31.6 Å². The second-order valence-corrected chi connectivity index (χ2v) is 9.56. The summed E-state index contributed by atoms with van der Waals surface area (Å²) in [6.45, 7) is 5.55. The molecule has 11 heteroatoms. The molecule has 37 heavy (non-hydrogen) atoms. The molecule has 2 unspecified atom stereocenters. The van der Waals surface area contributed by atoms with Crippen molar-refractivity contribution in [3.8, 4) is 11.1 Å². The highest BCUT2D eigenvalue weighted by atomic mass is 19.4. The standard InChI is InChI=1S/C26H28F3N7O/c1-15-3-4-16(25-20(33-25)13-21(37)18-10-22(26(27,28)29)34-32-14-18)9-19(15)17-11-23(30)35(2)24(12-17)36-7-5-31-6-8-36/h3-4,9-12,14,20,25,30-31,33H,5-8,13H2,1-2H3. The molecule has 2 aromatic heterocycles. The molecule has 3 N–H and O–H groups in total. The Kier molecular flexibility index (Phi) is 6.59. The van der Waals surface area contributed by atoms with Gasteiger partial charge in [0.15, 0.2) is 11.5 Å². The molecular formula is C26H28F3N7O. The van der Waals surface area contributed by atoms with Gasteiger partial charge in [0.05, 0.1) is 6.20 Å². The number of ketones is 1. The van der Waals surface area contributed by atoms with Crippen LogP contribution < -0.4 is 21.0 Å². The maximum absolute atomic E-state index is 12.9. The lowest BCUT2D eigenvalue weighted by Gasteiger charge is -2.31. The number of aryl methyl sites for hydroxylation is 1. The fourth-order valence-electron chi connectivity index (χ4n) is 4.80. The second kappa shape index (κ2) is 9.71. The highest BCUT2D eigenvalue weighted by molar-refractivity contribution is 5.96. The van der Waals surface area contributed by atoms with Crippen LogP contribution >= 0.6 is 0 Å². The maximum atomic E-state index is 12.9. The van der Waals surface area contributed by atoms with Gasteiger partial charge in [-0.2, -0.15) is 18.3 Å². The Morgan fingerprint density at radius 1 is 1.16 bits per heavy atom. The fourth-order valence-corrected chi connectivity index (χ4v) is 4.80. The van der Waals surface area contributed by atoms with E-state index in [1.54, 1.807) is 0 Å². The third-order valence-corrected chi connectivity index (χ3v) is 7.01. The van der Waals surface area contributed by atoms with Crippen molar-refractivity contribution in [1.82, 2.24) is 25.4 Å². The van der Waals surface area contributed by atoms with E-state index < -0.39 is 17.7 Å². The number of Topliss-reactive ketones (excluding diaryl/α,β-unsaturated/α-hetero) is 1. The fraction of sp³-hybridized carbons (Fsp3) is 0.385. The monoisotopic (exact) mass is 511 g/mol. The van der Waals surface area contributed by atoms with Gasteiger partial charge in [0.25, 0.3) is 0 Å². The predicted octanol–water partition coefficient (Wildman–Crippen LogP) is 2.98. The predicted molar refractivity (Wildman–Crippen MR) is 132 cm³/mol. The SMILES string of the molecule is Cc1ccc(C2NC2CC(=O)c2cnnc(C(F)(F)F)c2)cc1-c1cc(N2CCNCC2)n(C)c(=N)c1. The maximum Gasteiger partial charge on any atom is 0.435 e. The van der Waals surface area contributed by atoms with Crippen molar-refractivity contribution in [1.29, 1.82) is 5.41 Å². The Balaban J connectivity index is 1.35. The van der Waals surface area contributed by atoms with Crippen LogP contribution in [0.1, 0.15) is 39.6 Å². The van der Waals surface area contributed by atoms with E-state index in [9.17, 15) is 18.0 Å². The summed E-state index contributed by atoms with van der Waals surface area (Å²) in [6.07, 6.45) is -3.52. The first-order valence-corrected chi connectivity index (χ1v) is 12.1. The molecule has 2 saturated heterocycles. The number of halogens is 3. The number of pyridine rings is 1. The number of carbonyl (C=O) groups excluding carboxylic acids is 1. The van der Waals surface area contributed by atoms with Crippen LogP contribution in [-0.2, 0) is 13.2 Å². The number of carbonyl (C=O) groups is 1. The number of aromatic nitrogens is 3. The van der Waals surface area contributed by atoms with Gasteiger partial charge < -0.3 is 20.1 Å². The average Bonchev–Trinajstić information content (AvgIpc) is 3.65. The van der Waals surface area contributed by atoms with Gasteiger partial charge in [-0.05, 0) is 53.4 Å². The molecule has 2 aliphatic rings. The van der Waals surface area contributed by atoms with Crippen LogP contribution in [0.5, 0.6) is 0 Å². The zero-order chi connectivity index (χ0) is 26.3. The van der Waals surface area contributed by atoms with Crippen molar-refractivity contribution < 1.29 is 18.0 Å². The zero-order valence-corrected chi connectivity index (χ0v) is 20.6. The number of benzene rings is 1. The van der Waals surface area contributed by atoms with Crippen LogP contribution in [0.4, 0.5) is 19.0 Å².